The highest BCUT2D eigenvalue weighted by Crippen LogP contribution is 2.33. The van der Waals surface area contributed by atoms with Crippen molar-refractivity contribution in [3.63, 3.8) is 0 Å². The number of benzene rings is 1. The van der Waals surface area contributed by atoms with E-state index in [1.807, 2.05) is 0 Å². The van der Waals surface area contributed by atoms with E-state index in [9.17, 15) is 4.39 Å². The molecule has 0 saturated heterocycles. The van der Waals surface area contributed by atoms with Crippen LogP contribution in [0.2, 0.25) is 0 Å². The number of hydrogen-bond acceptors (Lipinski definition) is 4. The first-order valence-electron chi connectivity index (χ1n) is 6.52. The number of para-hydroxylation sites is 1. The molecular formula is C14H15FN2O2. The lowest BCUT2D eigenvalue weighted by atomic mass is 10.1. The zero-order valence-electron chi connectivity index (χ0n) is 10.5. The van der Waals surface area contributed by atoms with Crippen LogP contribution in [0.1, 0.15) is 43.4 Å². The maximum atomic E-state index is 13.4. The predicted octanol–water partition coefficient (Wildman–Crippen LogP) is 3.45. The molecule has 0 bridgehead atoms. The number of nitrogens with zero attached hydrogens (tertiary/aromatic N) is 2. The summed E-state index contributed by atoms with van der Waals surface area (Å²) in [7, 11) is 0. The van der Waals surface area contributed by atoms with Crippen molar-refractivity contribution in [3.8, 4) is 5.75 Å². The number of halogens is 1. The van der Waals surface area contributed by atoms with Crippen molar-refractivity contribution in [2.45, 2.75) is 38.2 Å². The third kappa shape index (κ3) is 2.75. The molecule has 1 aliphatic rings. The van der Waals surface area contributed by atoms with E-state index in [-0.39, 0.29) is 12.4 Å². The molecule has 19 heavy (non-hydrogen) atoms. The second-order valence-corrected chi connectivity index (χ2v) is 4.73. The molecule has 1 aromatic heterocycles. The summed E-state index contributed by atoms with van der Waals surface area (Å²) in [5.41, 5.74) is 0. The zero-order valence-corrected chi connectivity index (χ0v) is 10.5. The van der Waals surface area contributed by atoms with Crippen molar-refractivity contribution < 1.29 is 13.5 Å². The Morgan fingerprint density at radius 2 is 2.00 bits per heavy atom. The first kappa shape index (κ1) is 12.1. The van der Waals surface area contributed by atoms with Gasteiger partial charge >= 0.3 is 0 Å². The zero-order chi connectivity index (χ0) is 13.1. The van der Waals surface area contributed by atoms with Crippen LogP contribution in [0.4, 0.5) is 4.39 Å². The van der Waals surface area contributed by atoms with Gasteiger partial charge in [-0.05, 0) is 25.0 Å². The van der Waals surface area contributed by atoms with Crippen molar-refractivity contribution in [2.24, 2.45) is 0 Å². The van der Waals surface area contributed by atoms with Crippen molar-refractivity contribution in [2.75, 3.05) is 0 Å². The van der Waals surface area contributed by atoms with Crippen LogP contribution in [0.25, 0.3) is 0 Å². The first-order chi connectivity index (χ1) is 9.33. The van der Waals surface area contributed by atoms with Crippen molar-refractivity contribution in [1.82, 2.24) is 10.2 Å². The molecule has 1 aliphatic carbocycles. The van der Waals surface area contributed by atoms with Gasteiger partial charge in [0.05, 0.1) is 0 Å². The molecule has 0 N–H and O–H groups in total. The van der Waals surface area contributed by atoms with E-state index < -0.39 is 5.82 Å². The lowest BCUT2D eigenvalue weighted by Gasteiger charge is -2.04. The van der Waals surface area contributed by atoms with Gasteiger partial charge in [0.2, 0.25) is 5.89 Å². The smallest absolute Gasteiger partial charge is 0.253 e. The van der Waals surface area contributed by atoms with E-state index in [0.717, 1.165) is 12.8 Å². The van der Waals surface area contributed by atoms with E-state index in [1.165, 1.54) is 18.9 Å². The van der Waals surface area contributed by atoms with Gasteiger partial charge in [0.25, 0.3) is 5.89 Å². The number of ether oxygens (including phenoxy) is 1. The van der Waals surface area contributed by atoms with Gasteiger partial charge in [0.1, 0.15) is 0 Å². The molecule has 4 nitrogen and oxygen atoms in total. The molecule has 1 saturated carbocycles. The van der Waals surface area contributed by atoms with E-state index >= 15 is 0 Å². The van der Waals surface area contributed by atoms with Gasteiger partial charge in [-0.15, -0.1) is 10.2 Å². The van der Waals surface area contributed by atoms with Gasteiger partial charge < -0.3 is 9.15 Å². The van der Waals surface area contributed by atoms with Crippen LogP contribution >= 0.6 is 0 Å². The van der Waals surface area contributed by atoms with Crippen LogP contribution in [0.5, 0.6) is 5.75 Å². The Morgan fingerprint density at radius 3 is 2.79 bits per heavy atom. The van der Waals surface area contributed by atoms with Crippen LogP contribution in [0.15, 0.2) is 28.7 Å². The van der Waals surface area contributed by atoms with E-state index in [1.54, 1.807) is 18.2 Å². The van der Waals surface area contributed by atoms with Crippen LogP contribution in [0.3, 0.4) is 0 Å². The molecule has 1 heterocycles. The quantitative estimate of drug-likeness (QED) is 0.846. The molecule has 1 fully saturated rings. The largest absolute Gasteiger partial charge is 0.481 e. The predicted molar refractivity (Wildman–Crippen MR) is 66.2 cm³/mol. The number of hydrogen-bond donors (Lipinski definition) is 0. The normalized spacial score (nSPS) is 15.8. The summed E-state index contributed by atoms with van der Waals surface area (Å²) in [6.45, 7) is 0.0979. The highest BCUT2D eigenvalue weighted by molar-refractivity contribution is 5.23. The summed E-state index contributed by atoms with van der Waals surface area (Å²) >= 11 is 0. The number of aromatic nitrogens is 2. The molecule has 3 rings (SSSR count). The summed E-state index contributed by atoms with van der Waals surface area (Å²) in [5.74, 6) is 1.27. The van der Waals surface area contributed by atoms with Gasteiger partial charge in [0.15, 0.2) is 18.2 Å². The average Bonchev–Trinajstić information content (AvgIpc) is 3.09. The fourth-order valence-electron chi connectivity index (χ4n) is 2.36. The molecule has 0 unspecified atom stereocenters. The monoisotopic (exact) mass is 262 g/mol. The Bertz CT molecular complexity index is 550. The minimum Gasteiger partial charge on any atom is -0.481 e. The second kappa shape index (κ2) is 5.38. The minimum absolute atomic E-state index is 0.0979. The van der Waals surface area contributed by atoms with E-state index in [2.05, 4.69) is 10.2 Å². The minimum atomic E-state index is -0.391. The van der Waals surface area contributed by atoms with Crippen LogP contribution in [0, 0.1) is 5.82 Å². The summed E-state index contributed by atoms with van der Waals surface area (Å²) in [4.78, 5) is 0. The van der Waals surface area contributed by atoms with Gasteiger partial charge in [-0.25, -0.2) is 4.39 Å². The van der Waals surface area contributed by atoms with E-state index in [4.69, 9.17) is 9.15 Å². The first-order valence-corrected chi connectivity index (χ1v) is 6.52. The lowest BCUT2D eigenvalue weighted by Crippen LogP contribution is -1.97. The Morgan fingerprint density at radius 1 is 1.21 bits per heavy atom. The van der Waals surface area contributed by atoms with Gasteiger partial charge in [-0.2, -0.15) is 0 Å². The Balaban J connectivity index is 1.63. The summed E-state index contributed by atoms with van der Waals surface area (Å²) in [6.07, 6.45) is 4.65. The molecule has 2 aromatic rings. The van der Waals surface area contributed by atoms with Crippen LogP contribution < -0.4 is 4.74 Å². The van der Waals surface area contributed by atoms with Gasteiger partial charge in [-0.1, -0.05) is 25.0 Å². The Kier molecular flexibility index (Phi) is 3.44. The molecule has 0 spiro atoms. The highest BCUT2D eigenvalue weighted by Gasteiger charge is 2.22. The van der Waals surface area contributed by atoms with Crippen molar-refractivity contribution >= 4 is 0 Å². The third-order valence-electron chi connectivity index (χ3n) is 3.37. The highest BCUT2D eigenvalue weighted by atomic mass is 19.1. The molecular weight excluding hydrogens is 247 g/mol. The van der Waals surface area contributed by atoms with Crippen LogP contribution in [-0.2, 0) is 6.61 Å². The van der Waals surface area contributed by atoms with Crippen molar-refractivity contribution in [1.29, 1.82) is 0 Å². The number of rotatable bonds is 4. The second-order valence-electron chi connectivity index (χ2n) is 4.73. The maximum Gasteiger partial charge on any atom is 0.253 e. The Hall–Kier alpha value is -1.91. The fraction of sp³-hybridized carbons (Fsp3) is 0.429. The average molecular weight is 262 g/mol. The maximum absolute atomic E-state index is 13.4. The van der Waals surface area contributed by atoms with Crippen molar-refractivity contribution in [3.05, 3.63) is 41.9 Å². The topological polar surface area (TPSA) is 48.2 Å². The molecule has 1 aromatic carbocycles. The fourth-order valence-corrected chi connectivity index (χ4v) is 2.36. The standard InChI is InChI=1S/C14H15FN2O2/c15-11-7-3-4-8-12(11)18-9-13-16-17-14(19-13)10-5-1-2-6-10/h3-4,7-8,10H,1-2,5-6,9H2. The molecule has 5 heteroatoms. The molecule has 0 radical (unpaired) electrons. The lowest BCUT2D eigenvalue weighted by molar-refractivity contribution is 0.246. The van der Waals surface area contributed by atoms with Gasteiger partial charge in [0, 0.05) is 5.92 Å². The summed E-state index contributed by atoms with van der Waals surface area (Å²) in [6, 6.07) is 6.26. The van der Waals surface area contributed by atoms with Crippen LogP contribution in [-0.4, -0.2) is 10.2 Å². The molecule has 0 amide bonds. The third-order valence-corrected chi connectivity index (χ3v) is 3.37. The Labute approximate surface area is 110 Å². The van der Waals surface area contributed by atoms with Gasteiger partial charge in [-0.3, -0.25) is 0 Å². The molecule has 100 valence electrons. The molecule has 0 atom stereocenters. The molecule has 0 aliphatic heterocycles. The van der Waals surface area contributed by atoms with E-state index in [0.29, 0.717) is 17.7 Å². The SMILES string of the molecule is Fc1ccccc1OCc1nnc(C2CCCC2)o1. The summed E-state index contributed by atoms with van der Waals surface area (Å²) in [5, 5.41) is 7.98. The summed E-state index contributed by atoms with van der Waals surface area (Å²) < 4.78 is 24.2.